The highest BCUT2D eigenvalue weighted by Gasteiger charge is 2.28. The molecule has 1 aliphatic heterocycles. The zero-order valence-electron chi connectivity index (χ0n) is 18.4. The fourth-order valence-corrected chi connectivity index (χ4v) is 4.45. The second-order valence-corrected chi connectivity index (χ2v) is 10.0. The van der Waals surface area contributed by atoms with Crippen LogP contribution in [0, 0.1) is 5.41 Å². The standard InChI is InChI=1S/C25H34ClN3O/c1-25(2,3)17-24(30)28-23(22-12-4-6-13-27-22)16-21-11-5-7-14-29(21)18-19-9-8-10-20(26)15-19/h4,6,8-10,12-13,15,21,23H,5,7,11,14,16-18H2,1-3H3,(H,28,30)/t21-,23+/m0/s1. The van der Waals surface area contributed by atoms with Crippen molar-refractivity contribution in [3.63, 3.8) is 0 Å². The SMILES string of the molecule is CC(C)(C)CC(=O)N[C@H](C[C@@H]1CCCCN1Cc1cccc(Cl)c1)c1ccccn1. The molecule has 1 amide bonds. The van der Waals surface area contributed by atoms with E-state index >= 15 is 0 Å². The minimum atomic E-state index is -0.0778. The Morgan fingerprint density at radius 3 is 2.77 bits per heavy atom. The highest BCUT2D eigenvalue weighted by molar-refractivity contribution is 6.30. The number of piperidine rings is 1. The van der Waals surface area contributed by atoms with E-state index in [4.69, 9.17) is 11.6 Å². The third kappa shape index (κ3) is 7.10. The number of pyridine rings is 1. The second-order valence-electron chi connectivity index (χ2n) is 9.60. The first-order chi connectivity index (χ1) is 14.3. The van der Waals surface area contributed by atoms with E-state index in [1.165, 1.54) is 18.4 Å². The summed E-state index contributed by atoms with van der Waals surface area (Å²) in [6.45, 7) is 8.24. The number of benzene rings is 1. The quantitative estimate of drug-likeness (QED) is 0.609. The molecule has 0 unspecified atom stereocenters. The molecule has 0 aliphatic carbocycles. The average Bonchev–Trinajstić information content (AvgIpc) is 2.68. The number of hydrogen-bond donors (Lipinski definition) is 1. The van der Waals surface area contributed by atoms with Crippen molar-refractivity contribution in [3.8, 4) is 0 Å². The van der Waals surface area contributed by atoms with Crippen molar-refractivity contribution in [2.45, 2.75) is 71.5 Å². The van der Waals surface area contributed by atoms with Crippen LogP contribution in [0.4, 0.5) is 0 Å². The Kier molecular flexibility index (Phi) is 7.90. The van der Waals surface area contributed by atoms with Crippen LogP contribution in [-0.2, 0) is 11.3 Å². The predicted molar refractivity (Wildman–Crippen MR) is 123 cm³/mol. The minimum absolute atomic E-state index is 0.0395. The number of amides is 1. The maximum absolute atomic E-state index is 12.7. The third-order valence-electron chi connectivity index (χ3n) is 5.60. The lowest BCUT2D eigenvalue weighted by atomic mass is 9.90. The predicted octanol–water partition coefficient (Wildman–Crippen LogP) is 5.77. The van der Waals surface area contributed by atoms with Gasteiger partial charge in [0.05, 0.1) is 11.7 Å². The molecule has 0 radical (unpaired) electrons. The zero-order valence-corrected chi connectivity index (χ0v) is 19.2. The van der Waals surface area contributed by atoms with E-state index in [1.54, 1.807) is 0 Å². The number of halogens is 1. The lowest BCUT2D eigenvalue weighted by molar-refractivity contribution is -0.123. The largest absolute Gasteiger partial charge is 0.348 e. The molecule has 0 bridgehead atoms. The average molecular weight is 428 g/mol. The summed E-state index contributed by atoms with van der Waals surface area (Å²) in [5.74, 6) is 0.0929. The summed E-state index contributed by atoms with van der Waals surface area (Å²) in [4.78, 5) is 19.8. The van der Waals surface area contributed by atoms with Gasteiger partial charge in [0.25, 0.3) is 0 Å². The first-order valence-electron chi connectivity index (χ1n) is 11.0. The van der Waals surface area contributed by atoms with E-state index in [2.05, 4.69) is 48.1 Å². The number of likely N-dealkylation sites (tertiary alicyclic amines) is 1. The molecule has 30 heavy (non-hydrogen) atoms. The summed E-state index contributed by atoms with van der Waals surface area (Å²) in [6.07, 6.45) is 6.76. The van der Waals surface area contributed by atoms with Gasteiger partial charge in [0.1, 0.15) is 0 Å². The molecular formula is C25H34ClN3O. The molecule has 1 aliphatic rings. The molecule has 3 rings (SSSR count). The number of nitrogens with one attached hydrogen (secondary N) is 1. The Bertz CT molecular complexity index is 819. The van der Waals surface area contributed by atoms with Crippen LogP contribution < -0.4 is 5.32 Å². The Hall–Kier alpha value is -1.91. The van der Waals surface area contributed by atoms with E-state index in [0.717, 1.165) is 36.6 Å². The molecule has 1 saturated heterocycles. The lowest BCUT2D eigenvalue weighted by Crippen LogP contribution is -2.42. The Labute approximate surface area is 186 Å². The molecule has 1 aromatic carbocycles. The normalized spacial score (nSPS) is 18.7. The molecule has 2 atom stereocenters. The van der Waals surface area contributed by atoms with Crippen LogP contribution in [0.1, 0.15) is 70.2 Å². The zero-order chi connectivity index (χ0) is 21.6. The Morgan fingerprint density at radius 1 is 1.23 bits per heavy atom. The third-order valence-corrected chi connectivity index (χ3v) is 5.84. The molecule has 2 aromatic rings. The van der Waals surface area contributed by atoms with E-state index in [-0.39, 0.29) is 17.4 Å². The van der Waals surface area contributed by atoms with E-state index in [1.807, 2.05) is 36.5 Å². The summed E-state index contributed by atoms with van der Waals surface area (Å²) in [6, 6.07) is 14.4. The number of aromatic nitrogens is 1. The smallest absolute Gasteiger partial charge is 0.221 e. The molecule has 2 heterocycles. The summed E-state index contributed by atoms with van der Waals surface area (Å²) in [7, 11) is 0. The highest BCUT2D eigenvalue weighted by Crippen LogP contribution is 2.29. The number of carbonyl (C=O) groups is 1. The first kappa shape index (κ1) is 22.8. The van der Waals surface area contributed by atoms with Crippen LogP contribution in [0.5, 0.6) is 0 Å². The fourth-order valence-electron chi connectivity index (χ4n) is 4.24. The van der Waals surface area contributed by atoms with Crippen molar-refractivity contribution in [1.29, 1.82) is 0 Å². The van der Waals surface area contributed by atoms with Gasteiger partial charge in [-0.3, -0.25) is 14.7 Å². The molecule has 5 heteroatoms. The van der Waals surface area contributed by atoms with Crippen LogP contribution >= 0.6 is 11.6 Å². The van der Waals surface area contributed by atoms with Gasteiger partial charge in [-0.2, -0.15) is 0 Å². The van der Waals surface area contributed by atoms with E-state index < -0.39 is 0 Å². The van der Waals surface area contributed by atoms with Gasteiger partial charge in [0.2, 0.25) is 5.91 Å². The van der Waals surface area contributed by atoms with Gasteiger partial charge in [0, 0.05) is 30.2 Å². The van der Waals surface area contributed by atoms with Crippen LogP contribution in [0.25, 0.3) is 0 Å². The molecule has 1 fully saturated rings. The lowest BCUT2D eigenvalue weighted by Gasteiger charge is -2.38. The van der Waals surface area contributed by atoms with Gasteiger partial charge >= 0.3 is 0 Å². The summed E-state index contributed by atoms with van der Waals surface area (Å²) in [5.41, 5.74) is 2.14. The summed E-state index contributed by atoms with van der Waals surface area (Å²) in [5, 5.41) is 4.06. The van der Waals surface area contributed by atoms with Gasteiger partial charge in [-0.1, -0.05) is 57.0 Å². The van der Waals surface area contributed by atoms with E-state index in [9.17, 15) is 4.79 Å². The van der Waals surface area contributed by atoms with Crippen LogP contribution in [0.15, 0.2) is 48.7 Å². The molecule has 4 nitrogen and oxygen atoms in total. The van der Waals surface area contributed by atoms with Gasteiger partial charge in [-0.25, -0.2) is 0 Å². The molecule has 162 valence electrons. The topological polar surface area (TPSA) is 45.2 Å². The van der Waals surface area contributed by atoms with Gasteiger partial charge in [-0.15, -0.1) is 0 Å². The van der Waals surface area contributed by atoms with Crippen LogP contribution in [0.3, 0.4) is 0 Å². The molecule has 0 spiro atoms. The monoisotopic (exact) mass is 427 g/mol. The number of hydrogen-bond acceptors (Lipinski definition) is 3. The Morgan fingerprint density at radius 2 is 2.07 bits per heavy atom. The summed E-state index contributed by atoms with van der Waals surface area (Å²) >= 11 is 6.20. The molecule has 1 aromatic heterocycles. The Balaban J connectivity index is 1.74. The summed E-state index contributed by atoms with van der Waals surface area (Å²) < 4.78 is 0. The van der Waals surface area contributed by atoms with Crippen LogP contribution in [0.2, 0.25) is 5.02 Å². The molecular weight excluding hydrogens is 394 g/mol. The maximum atomic E-state index is 12.7. The minimum Gasteiger partial charge on any atom is -0.348 e. The van der Waals surface area contributed by atoms with Crippen molar-refractivity contribution >= 4 is 17.5 Å². The van der Waals surface area contributed by atoms with Crippen molar-refractivity contribution in [2.75, 3.05) is 6.54 Å². The van der Waals surface area contributed by atoms with Crippen molar-refractivity contribution in [2.24, 2.45) is 5.41 Å². The van der Waals surface area contributed by atoms with Crippen molar-refractivity contribution < 1.29 is 4.79 Å². The maximum Gasteiger partial charge on any atom is 0.221 e. The van der Waals surface area contributed by atoms with Crippen LogP contribution in [-0.4, -0.2) is 28.4 Å². The first-order valence-corrected chi connectivity index (χ1v) is 11.4. The van der Waals surface area contributed by atoms with Crippen molar-refractivity contribution in [3.05, 3.63) is 64.9 Å². The van der Waals surface area contributed by atoms with E-state index in [0.29, 0.717) is 12.5 Å². The molecule has 0 saturated carbocycles. The van der Waals surface area contributed by atoms with Gasteiger partial charge in [0.15, 0.2) is 0 Å². The second kappa shape index (κ2) is 10.4. The van der Waals surface area contributed by atoms with Gasteiger partial charge < -0.3 is 5.32 Å². The number of carbonyl (C=O) groups excluding carboxylic acids is 1. The van der Waals surface area contributed by atoms with Gasteiger partial charge in [-0.05, 0) is 61.1 Å². The number of rotatable bonds is 7. The fraction of sp³-hybridized carbons (Fsp3) is 0.520. The molecule has 1 N–H and O–H groups in total. The highest BCUT2D eigenvalue weighted by atomic mass is 35.5. The number of nitrogens with zero attached hydrogens (tertiary/aromatic N) is 2. The van der Waals surface area contributed by atoms with Crippen molar-refractivity contribution in [1.82, 2.24) is 15.2 Å².